The minimum atomic E-state index is -0.225. The van der Waals surface area contributed by atoms with E-state index in [9.17, 15) is 4.39 Å². The molecule has 1 atom stereocenters. The molecule has 0 heterocycles. The molecule has 100 valence electrons. The van der Waals surface area contributed by atoms with Crippen LogP contribution in [-0.4, -0.2) is 0 Å². The minimum Gasteiger partial charge on any atom is -0.378 e. The summed E-state index contributed by atoms with van der Waals surface area (Å²) >= 11 is 9.61. The number of hydrogen-bond acceptors (Lipinski definition) is 1. The molecule has 4 heteroatoms. The van der Waals surface area contributed by atoms with Crippen LogP contribution in [0.2, 0.25) is 5.02 Å². The fourth-order valence-electron chi connectivity index (χ4n) is 1.95. The van der Waals surface area contributed by atoms with Gasteiger partial charge in [0.05, 0.1) is 6.04 Å². The predicted octanol–water partition coefficient (Wildman–Crippen LogP) is 5.72. The normalized spacial score (nSPS) is 12.3. The Bertz CT molecular complexity index is 601. The molecular formula is C15H14BrClFN. The summed E-state index contributed by atoms with van der Waals surface area (Å²) in [5.74, 6) is -0.225. The first-order valence-corrected chi connectivity index (χ1v) is 7.12. The second-order valence-electron chi connectivity index (χ2n) is 4.49. The maximum Gasteiger partial charge on any atom is 0.123 e. The summed E-state index contributed by atoms with van der Waals surface area (Å²) in [4.78, 5) is 0. The Morgan fingerprint density at radius 3 is 2.58 bits per heavy atom. The number of rotatable bonds is 3. The Balaban J connectivity index is 2.23. The van der Waals surface area contributed by atoms with Crippen LogP contribution in [0.15, 0.2) is 40.9 Å². The van der Waals surface area contributed by atoms with Crippen molar-refractivity contribution in [2.75, 3.05) is 5.32 Å². The summed E-state index contributed by atoms with van der Waals surface area (Å²) in [6, 6.07) is 10.5. The summed E-state index contributed by atoms with van der Waals surface area (Å²) in [5, 5.41) is 4.05. The van der Waals surface area contributed by atoms with Crippen molar-refractivity contribution in [3.63, 3.8) is 0 Å². The number of anilines is 1. The van der Waals surface area contributed by atoms with E-state index in [4.69, 9.17) is 11.6 Å². The molecule has 0 fully saturated rings. The molecule has 19 heavy (non-hydrogen) atoms. The third-order valence-electron chi connectivity index (χ3n) is 2.99. The number of aryl methyl sites for hydroxylation is 1. The monoisotopic (exact) mass is 341 g/mol. The van der Waals surface area contributed by atoms with E-state index in [-0.39, 0.29) is 11.9 Å². The van der Waals surface area contributed by atoms with Crippen molar-refractivity contribution in [3.8, 4) is 0 Å². The molecule has 0 radical (unpaired) electrons. The zero-order chi connectivity index (χ0) is 14.0. The highest BCUT2D eigenvalue weighted by Gasteiger charge is 2.11. The van der Waals surface area contributed by atoms with Gasteiger partial charge in [-0.2, -0.15) is 0 Å². The summed E-state index contributed by atoms with van der Waals surface area (Å²) < 4.78 is 14.0. The maximum atomic E-state index is 13.1. The van der Waals surface area contributed by atoms with Crippen molar-refractivity contribution in [2.24, 2.45) is 0 Å². The molecule has 1 unspecified atom stereocenters. The van der Waals surface area contributed by atoms with Gasteiger partial charge in [-0.05, 0) is 55.3 Å². The number of benzene rings is 2. The molecule has 0 aliphatic carbocycles. The van der Waals surface area contributed by atoms with Crippen molar-refractivity contribution in [1.29, 1.82) is 0 Å². The Morgan fingerprint density at radius 2 is 1.95 bits per heavy atom. The van der Waals surface area contributed by atoms with E-state index >= 15 is 0 Å². The molecule has 1 nitrogen and oxygen atoms in total. The summed E-state index contributed by atoms with van der Waals surface area (Å²) in [6.45, 7) is 3.90. The molecule has 0 saturated carbocycles. The Labute approximate surface area is 125 Å². The van der Waals surface area contributed by atoms with Gasteiger partial charge in [0.15, 0.2) is 0 Å². The quantitative estimate of drug-likeness (QED) is 0.752. The fourth-order valence-corrected chi connectivity index (χ4v) is 2.79. The average molecular weight is 343 g/mol. The van der Waals surface area contributed by atoms with Crippen LogP contribution in [0, 0.1) is 12.7 Å². The summed E-state index contributed by atoms with van der Waals surface area (Å²) in [5.41, 5.74) is 2.79. The molecular weight excluding hydrogens is 329 g/mol. The van der Waals surface area contributed by atoms with Gasteiger partial charge in [0.2, 0.25) is 0 Å². The highest BCUT2D eigenvalue weighted by molar-refractivity contribution is 9.10. The van der Waals surface area contributed by atoms with E-state index < -0.39 is 0 Å². The largest absolute Gasteiger partial charge is 0.378 e. The zero-order valence-corrected chi connectivity index (χ0v) is 13.0. The number of nitrogens with one attached hydrogen (secondary N) is 1. The van der Waals surface area contributed by atoms with E-state index in [2.05, 4.69) is 21.2 Å². The molecule has 1 N–H and O–H groups in total. The summed E-state index contributed by atoms with van der Waals surface area (Å²) in [7, 11) is 0. The first-order chi connectivity index (χ1) is 8.97. The first kappa shape index (κ1) is 14.4. The third-order valence-corrected chi connectivity index (χ3v) is 3.81. The van der Waals surface area contributed by atoms with Gasteiger partial charge in [0.1, 0.15) is 5.82 Å². The van der Waals surface area contributed by atoms with E-state index in [0.29, 0.717) is 5.02 Å². The smallest absolute Gasteiger partial charge is 0.123 e. The van der Waals surface area contributed by atoms with Crippen molar-refractivity contribution in [2.45, 2.75) is 19.9 Å². The lowest BCUT2D eigenvalue weighted by Crippen LogP contribution is -2.08. The van der Waals surface area contributed by atoms with Crippen molar-refractivity contribution < 1.29 is 4.39 Å². The highest BCUT2D eigenvalue weighted by atomic mass is 79.9. The fraction of sp³-hybridized carbons (Fsp3) is 0.200. The summed E-state index contributed by atoms with van der Waals surface area (Å²) in [6.07, 6.45) is 0. The maximum absolute atomic E-state index is 13.1. The van der Waals surface area contributed by atoms with Crippen LogP contribution in [0.4, 0.5) is 10.1 Å². The Morgan fingerprint density at radius 1 is 1.21 bits per heavy atom. The number of hydrogen-bond donors (Lipinski definition) is 1. The molecule has 0 aliphatic rings. The minimum absolute atomic E-state index is 0.0461. The van der Waals surface area contributed by atoms with Crippen LogP contribution in [0.5, 0.6) is 0 Å². The number of halogens is 3. The van der Waals surface area contributed by atoms with Crippen molar-refractivity contribution >= 4 is 33.2 Å². The molecule has 2 aromatic rings. The van der Waals surface area contributed by atoms with Gasteiger partial charge in [-0.1, -0.05) is 33.6 Å². The molecule has 0 bridgehead atoms. The molecule has 0 aliphatic heterocycles. The lowest BCUT2D eigenvalue weighted by molar-refractivity contribution is 0.626. The molecule has 2 rings (SSSR count). The standard InChI is InChI=1S/C15H14BrClFN/c1-9-7-12(18)4-6-15(9)19-10(2)13-5-3-11(16)8-14(13)17/h3-8,10,19H,1-2H3. The Kier molecular flexibility index (Phi) is 4.48. The van der Waals surface area contributed by atoms with Gasteiger partial charge >= 0.3 is 0 Å². The van der Waals surface area contributed by atoms with Crippen molar-refractivity contribution in [1.82, 2.24) is 0 Å². The van der Waals surface area contributed by atoms with E-state index in [1.807, 2.05) is 32.0 Å². The van der Waals surface area contributed by atoms with Crippen LogP contribution in [0.25, 0.3) is 0 Å². The van der Waals surface area contributed by atoms with Crippen LogP contribution >= 0.6 is 27.5 Å². The topological polar surface area (TPSA) is 12.0 Å². The van der Waals surface area contributed by atoms with Gasteiger partial charge < -0.3 is 5.32 Å². The Hall–Kier alpha value is -1.06. The predicted molar refractivity (Wildman–Crippen MR) is 82.3 cm³/mol. The molecule has 0 aromatic heterocycles. The molecule has 0 amide bonds. The van der Waals surface area contributed by atoms with Gasteiger partial charge in [-0.3, -0.25) is 0 Å². The highest BCUT2D eigenvalue weighted by Crippen LogP contribution is 2.29. The third kappa shape index (κ3) is 3.48. The lowest BCUT2D eigenvalue weighted by Gasteiger charge is -2.18. The van der Waals surface area contributed by atoms with Crippen LogP contribution in [0.1, 0.15) is 24.1 Å². The van der Waals surface area contributed by atoms with E-state index in [0.717, 1.165) is 21.3 Å². The zero-order valence-electron chi connectivity index (χ0n) is 10.7. The van der Waals surface area contributed by atoms with Gasteiger partial charge in [0.25, 0.3) is 0 Å². The molecule has 0 spiro atoms. The average Bonchev–Trinajstić information content (AvgIpc) is 2.32. The molecule has 0 saturated heterocycles. The molecule has 2 aromatic carbocycles. The second kappa shape index (κ2) is 5.93. The SMILES string of the molecule is Cc1cc(F)ccc1NC(C)c1ccc(Br)cc1Cl. The van der Waals surface area contributed by atoms with Gasteiger partial charge in [-0.25, -0.2) is 4.39 Å². The van der Waals surface area contributed by atoms with Crippen LogP contribution < -0.4 is 5.32 Å². The van der Waals surface area contributed by atoms with Gasteiger partial charge in [0, 0.05) is 15.2 Å². The van der Waals surface area contributed by atoms with Gasteiger partial charge in [-0.15, -0.1) is 0 Å². The van der Waals surface area contributed by atoms with Crippen molar-refractivity contribution in [3.05, 3.63) is 62.8 Å². The van der Waals surface area contributed by atoms with Crippen LogP contribution in [-0.2, 0) is 0 Å². The van der Waals surface area contributed by atoms with Crippen LogP contribution in [0.3, 0.4) is 0 Å². The van der Waals surface area contributed by atoms with E-state index in [1.54, 1.807) is 6.07 Å². The van der Waals surface area contributed by atoms with E-state index in [1.165, 1.54) is 12.1 Å². The second-order valence-corrected chi connectivity index (χ2v) is 5.81. The lowest BCUT2D eigenvalue weighted by atomic mass is 10.1. The first-order valence-electron chi connectivity index (χ1n) is 5.95.